The Morgan fingerprint density at radius 3 is 2.55 bits per heavy atom. The molecule has 2 heterocycles. The number of hydrogen-bond acceptors (Lipinski definition) is 4. The van der Waals surface area contributed by atoms with Crippen LogP contribution in [0.5, 0.6) is 0 Å². The zero-order valence-corrected chi connectivity index (χ0v) is 12.7. The Bertz CT molecular complexity index is 631. The number of aryl methyl sites for hydroxylation is 2. The standard InChI is InChI=1S/C13H19NO5S/c1-8-5-4-6-14(7-8)20(17,18)12-10(3)19-9(2)11(12)13(15)16/h8H,4-7H2,1-3H3,(H,15,16). The molecular weight excluding hydrogens is 282 g/mol. The van der Waals surface area contributed by atoms with Gasteiger partial charge in [0.2, 0.25) is 10.0 Å². The van der Waals surface area contributed by atoms with Crippen molar-refractivity contribution in [3.63, 3.8) is 0 Å². The monoisotopic (exact) mass is 301 g/mol. The average Bonchev–Trinajstić information content (AvgIpc) is 2.64. The molecule has 20 heavy (non-hydrogen) atoms. The first-order valence-electron chi connectivity index (χ1n) is 6.58. The lowest BCUT2D eigenvalue weighted by Gasteiger charge is -2.29. The molecule has 0 saturated carbocycles. The first-order chi connectivity index (χ1) is 9.25. The van der Waals surface area contributed by atoms with Crippen LogP contribution in [0.3, 0.4) is 0 Å². The smallest absolute Gasteiger partial charge is 0.340 e. The number of rotatable bonds is 3. The average molecular weight is 301 g/mol. The Morgan fingerprint density at radius 1 is 1.35 bits per heavy atom. The lowest BCUT2D eigenvalue weighted by molar-refractivity contribution is 0.0691. The first kappa shape index (κ1) is 15.1. The maximum atomic E-state index is 12.7. The molecule has 0 aromatic carbocycles. The van der Waals surface area contributed by atoms with Gasteiger partial charge in [-0.2, -0.15) is 4.31 Å². The molecule has 1 N–H and O–H groups in total. The predicted octanol–water partition coefficient (Wildman–Crippen LogP) is 2.02. The van der Waals surface area contributed by atoms with Crippen LogP contribution in [0.1, 0.15) is 41.6 Å². The summed E-state index contributed by atoms with van der Waals surface area (Å²) in [7, 11) is -3.82. The molecule has 6 nitrogen and oxygen atoms in total. The van der Waals surface area contributed by atoms with Crippen molar-refractivity contribution in [2.75, 3.05) is 13.1 Å². The van der Waals surface area contributed by atoms with Crippen LogP contribution in [0.2, 0.25) is 0 Å². The number of carboxylic acids is 1. The fourth-order valence-electron chi connectivity index (χ4n) is 2.71. The van der Waals surface area contributed by atoms with Gasteiger partial charge in [0, 0.05) is 13.1 Å². The van der Waals surface area contributed by atoms with Crippen LogP contribution >= 0.6 is 0 Å². The van der Waals surface area contributed by atoms with E-state index in [1.807, 2.05) is 6.92 Å². The lowest BCUT2D eigenvalue weighted by atomic mass is 10.0. The Morgan fingerprint density at radius 2 is 2.00 bits per heavy atom. The summed E-state index contributed by atoms with van der Waals surface area (Å²) in [5.41, 5.74) is -0.249. The molecule has 1 saturated heterocycles. The van der Waals surface area contributed by atoms with Crippen LogP contribution in [-0.2, 0) is 10.0 Å². The zero-order valence-electron chi connectivity index (χ0n) is 11.8. The van der Waals surface area contributed by atoms with Gasteiger partial charge >= 0.3 is 5.97 Å². The van der Waals surface area contributed by atoms with Gasteiger partial charge in [0.1, 0.15) is 22.0 Å². The Hall–Kier alpha value is -1.34. The SMILES string of the molecule is Cc1oc(C)c(S(=O)(=O)N2CCCC(C)C2)c1C(=O)O. The van der Waals surface area contributed by atoms with Crippen LogP contribution < -0.4 is 0 Å². The van der Waals surface area contributed by atoms with Gasteiger partial charge in [-0.25, -0.2) is 13.2 Å². The fourth-order valence-corrected chi connectivity index (χ4v) is 4.69. The molecule has 7 heteroatoms. The second-order valence-corrected chi connectivity index (χ2v) is 7.21. The maximum absolute atomic E-state index is 12.7. The van der Waals surface area contributed by atoms with Crippen LogP contribution in [0, 0.1) is 19.8 Å². The van der Waals surface area contributed by atoms with Gasteiger partial charge in [-0.05, 0) is 32.6 Å². The number of hydrogen-bond donors (Lipinski definition) is 1. The Kier molecular flexibility index (Phi) is 3.93. The summed E-state index contributed by atoms with van der Waals surface area (Å²) in [6, 6.07) is 0. The quantitative estimate of drug-likeness (QED) is 0.922. The molecule has 1 aliphatic rings. The van der Waals surface area contributed by atoms with Gasteiger partial charge in [-0.1, -0.05) is 6.92 Å². The molecule has 1 fully saturated rings. The molecule has 1 aromatic rings. The van der Waals surface area contributed by atoms with Crippen molar-refractivity contribution in [1.82, 2.24) is 4.31 Å². The summed E-state index contributed by atoms with van der Waals surface area (Å²) in [4.78, 5) is 11.1. The molecule has 112 valence electrons. The number of carboxylic acid groups (broad SMARTS) is 1. The van der Waals surface area contributed by atoms with E-state index in [0.717, 1.165) is 12.8 Å². The van der Waals surface area contributed by atoms with Crippen LogP contribution in [0.15, 0.2) is 9.31 Å². The summed E-state index contributed by atoms with van der Waals surface area (Å²) in [5.74, 6) is -0.736. The third-order valence-corrected chi connectivity index (χ3v) is 5.66. The molecule has 1 aliphatic heterocycles. The minimum absolute atomic E-state index is 0.124. The summed E-state index contributed by atoms with van der Waals surface area (Å²) < 4.78 is 32.0. The normalized spacial score (nSPS) is 21.1. The molecule has 2 rings (SSSR count). The molecule has 0 bridgehead atoms. The van der Waals surface area contributed by atoms with E-state index in [9.17, 15) is 18.3 Å². The zero-order chi connectivity index (χ0) is 15.1. The predicted molar refractivity (Wildman–Crippen MR) is 72.3 cm³/mol. The molecule has 1 atom stereocenters. The molecule has 0 amide bonds. The fraction of sp³-hybridized carbons (Fsp3) is 0.615. The molecule has 0 radical (unpaired) electrons. The van der Waals surface area contributed by atoms with E-state index in [4.69, 9.17) is 4.42 Å². The molecule has 0 aliphatic carbocycles. The second-order valence-electron chi connectivity index (χ2n) is 5.33. The van der Waals surface area contributed by atoms with Crippen LogP contribution in [-0.4, -0.2) is 36.9 Å². The minimum Gasteiger partial charge on any atom is -0.478 e. The van der Waals surface area contributed by atoms with E-state index in [0.29, 0.717) is 13.1 Å². The van der Waals surface area contributed by atoms with E-state index in [1.54, 1.807) is 0 Å². The maximum Gasteiger partial charge on any atom is 0.340 e. The third kappa shape index (κ3) is 2.47. The molecular formula is C13H19NO5S. The summed E-state index contributed by atoms with van der Waals surface area (Å²) in [6.07, 6.45) is 1.78. The second kappa shape index (κ2) is 5.21. The van der Waals surface area contributed by atoms with Crippen LogP contribution in [0.4, 0.5) is 0 Å². The molecule has 1 unspecified atom stereocenters. The van der Waals surface area contributed by atoms with E-state index in [-0.39, 0.29) is 27.9 Å². The Balaban J connectivity index is 2.52. The van der Waals surface area contributed by atoms with Crippen molar-refractivity contribution in [3.8, 4) is 0 Å². The largest absolute Gasteiger partial charge is 0.478 e. The summed E-state index contributed by atoms with van der Waals surface area (Å²) in [5, 5.41) is 9.23. The topological polar surface area (TPSA) is 87.8 Å². The van der Waals surface area contributed by atoms with E-state index >= 15 is 0 Å². The van der Waals surface area contributed by atoms with Crippen molar-refractivity contribution in [3.05, 3.63) is 17.1 Å². The number of piperidine rings is 1. The summed E-state index contributed by atoms with van der Waals surface area (Å²) >= 11 is 0. The lowest BCUT2D eigenvalue weighted by Crippen LogP contribution is -2.39. The first-order valence-corrected chi connectivity index (χ1v) is 8.02. The number of sulfonamides is 1. The number of furan rings is 1. The minimum atomic E-state index is -3.82. The van der Waals surface area contributed by atoms with E-state index in [2.05, 4.69) is 0 Å². The van der Waals surface area contributed by atoms with Crippen molar-refractivity contribution in [1.29, 1.82) is 0 Å². The van der Waals surface area contributed by atoms with Crippen molar-refractivity contribution in [2.45, 2.75) is 38.5 Å². The van der Waals surface area contributed by atoms with E-state index < -0.39 is 16.0 Å². The van der Waals surface area contributed by atoms with Gasteiger partial charge < -0.3 is 9.52 Å². The number of nitrogens with zero attached hydrogens (tertiary/aromatic N) is 1. The Labute approximate surface area is 118 Å². The highest BCUT2D eigenvalue weighted by Gasteiger charge is 2.36. The van der Waals surface area contributed by atoms with Crippen molar-refractivity contribution >= 4 is 16.0 Å². The highest BCUT2D eigenvalue weighted by molar-refractivity contribution is 7.89. The van der Waals surface area contributed by atoms with E-state index in [1.165, 1.54) is 18.2 Å². The van der Waals surface area contributed by atoms with Gasteiger partial charge in [0.05, 0.1) is 0 Å². The summed E-state index contributed by atoms with van der Waals surface area (Å²) in [6.45, 7) is 5.79. The van der Waals surface area contributed by atoms with Gasteiger partial charge in [0.15, 0.2) is 0 Å². The third-order valence-electron chi connectivity index (χ3n) is 3.64. The van der Waals surface area contributed by atoms with Gasteiger partial charge in [0.25, 0.3) is 0 Å². The van der Waals surface area contributed by atoms with Crippen molar-refractivity contribution < 1.29 is 22.7 Å². The van der Waals surface area contributed by atoms with Gasteiger partial charge in [-0.3, -0.25) is 0 Å². The number of carbonyl (C=O) groups is 1. The van der Waals surface area contributed by atoms with Crippen LogP contribution in [0.25, 0.3) is 0 Å². The van der Waals surface area contributed by atoms with Gasteiger partial charge in [-0.15, -0.1) is 0 Å². The highest BCUT2D eigenvalue weighted by atomic mass is 32.2. The highest BCUT2D eigenvalue weighted by Crippen LogP contribution is 2.31. The molecule has 1 aromatic heterocycles. The number of aromatic carboxylic acids is 1. The van der Waals surface area contributed by atoms with Crippen molar-refractivity contribution in [2.24, 2.45) is 5.92 Å². The molecule has 0 spiro atoms.